The molecule has 0 atom stereocenters. The quantitative estimate of drug-likeness (QED) is 0.551. The number of rotatable bonds is 6. The number of sulfonamides is 1. The highest BCUT2D eigenvalue weighted by Crippen LogP contribution is 2.14. The van der Waals surface area contributed by atoms with Gasteiger partial charge in [0.05, 0.1) is 5.69 Å². The second kappa shape index (κ2) is 9.31. The fraction of sp³-hybridized carbons (Fsp3) is 0.444. The molecule has 0 aliphatic carbocycles. The van der Waals surface area contributed by atoms with Gasteiger partial charge in [-0.3, -0.25) is 4.99 Å². The first kappa shape index (κ1) is 21.2. The van der Waals surface area contributed by atoms with Gasteiger partial charge in [-0.1, -0.05) is 11.2 Å². The zero-order valence-electron chi connectivity index (χ0n) is 16.0. The summed E-state index contributed by atoms with van der Waals surface area (Å²) in [7, 11) is -1.87. The number of hydrogen-bond donors (Lipinski definition) is 1. The monoisotopic (exact) mass is 427 g/mol. The van der Waals surface area contributed by atoms with E-state index in [0.717, 1.165) is 0 Å². The van der Waals surface area contributed by atoms with Crippen molar-refractivity contribution in [2.24, 2.45) is 4.99 Å². The summed E-state index contributed by atoms with van der Waals surface area (Å²) in [6.45, 7) is 1.82. The molecular weight excluding hydrogens is 404 g/mol. The van der Waals surface area contributed by atoms with Crippen molar-refractivity contribution in [1.82, 2.24) is 19.7 Å². The van der Waals surface area contributed by atoms with E-state index < -0.39 is 21.7 Å². The third kappa shape index (κ3) is 5.30. The molecule has 29 heavy (non-hydrogen) atoms. The highest BCUT2D eigenvalue weighted by molar-refractivity contribution is 7.88. The van der Waals surface area contributed by atoms with Gasteiger partial charge in [-0.05, 0) is 18.6 Å². The second-order valence-electron chi connectivity index (χ2n) is 6.56. The molecule has 1 saturated heterocycles. The SMILES string of the molecule is CN=C(NCCc1c(F)cccc1F)N1CCN(S(=O)(=O)Cc2ccon2)CC1. The number of nitrogens with zero attached hydrogens (tertiary/aromatic N) is 4. The van der Waals surface area contributed by atoms with E-state index in [-0.39, 0.29) is 17.7 Å². The van der Waals surface area contributed by atoms with Gasteiger partial charge < -0.3 is 14.7 Å². The van der Waals surface area contributed by atoms with Crippen molar-refractivity contribution in [1.29, 1.82) is 0 Å². The Morgan fingerprint density at radius 2 is 1.90 bits per heavy atom. The predicted molar refractivity (Wildman–Crippen MR) is 104 cm³/mol. The summed E-state index contributed by atoms with van der Waals surface area (Å²) >= 11 is 0. The number of piperazine rings is 1. The first-order valence-electron chi connectivity index (χ1n) is 9.16. The van der Waals surface area contributed by atoms with Crippen LogP contribution < -0.4 is 5.32 Å². The molecule has 1 aromatic heterocycles. The predicted octanol–water partition coefficient (Wildman–Crippen LogP) is 1.22. The summed E-state index contributed by atoms with van der Waals surface area (Å²) in [5.74, 6) is -0.791. The van der Waals surface area contributed by atoms with Gasteiger partial charge in [0.25, 0.3) is 0 Å². The summed E-state index contributed by atoms with van der Waals surface area (Å²) in [5, 5.41) is 6.73. The van der Waals surface area contributed by atoms with Gasteiger partial charge in [0.1, 0.15) is 23.7 Å². The standard InChI is InChI=1S/C18H23F2N5O3S/c1-21-18(22-7-5-15-16(19)3-2-4-17(15)20)24-8-10-25(11-9-24)29(26,27)13-14-6-12-28-23-14/h2-4,6,12H,5,7-11,13H2,1H3,(H,21,22). The minimum Gasteiger partial charge on any atom is -0.364 e. The van der Waals surface area contributed by atoms with Crippen LogP contribution in [0.3, 0.4) is 0 Å². The summed E-state index contributed by atoms with van der Waals surface area (Å²) in [6, 6.07) is 5.31. The Bertz CT molecular complexity index is 922. The Labute approximate surface area is 168 Å². The van der Waals surface area contributed by atoms with E-state index in [9.17, 15) is 17.2 Å². The van der Waals surface area contributed by atoms with E-state index in [1.165, 1.54) is 34.8 Å². The van der Waals surface area contributed by atoms with Gasteiger partial charge in [0.2, 0.25) is 10.0 Å². The van der Waals surface area contributed by atoms with Crippen molar-refractivity contribution < 1.29 is 21.7 Å². The smallest absolute Gasteiger partial charge is 0.220 e. The molecule has 158 valence electrons. The van der Waals surface area contributed by atoms with Crippen LogP contribution in [0.15, 0.2) is 40.0 Å². The van der Waals surface area contributed by atoms with Crippen molar-refractivity contribution in [2.45, 2.75) is 12.2 Å². The van der Waals surface area contributed by atoms with E-state index in [0.29, 0.717) is 44.4 Å². The van der Waals surface area contributed by atoms with Gasteiger partial charge in [-0.15, -0.1) is 0 Å². The Kier molecular flexibility index (Phi) is 6.80. The fourth-order valence-electron chi connectivity index (χ4n) is 3.17. The number of benzene rings is 1. The Morgan fingerprint density at radius 1 is 1.21 bits per heavy atom. The zero-order chi connectivity index (χ0) is 20.9. The third-order valence-electron chi connectivity index (χ3n) is 4.68. The number of aliphatic imine (C=N–C) groups is 1. The zero-order valence-corrected chi connectivity index (χ0v) is 16.8. The molecule has 0 bridgehead atoms. The van der Waals surface area contributed by atoms with E-state index in [2.05, 4.69) is 20.0 Å². The van der Waals surface area contributed by atoms with Crippen molar-refractivity contribution in [3.63, 3.8) is 0 Å². The van der Waals surface area contributed by atoms with Crippen LogP contribution in [0.2, 0.25) is 0 Å². The van der Waals surface area contributed by atoms with Crippen molar-refractivity contribution in [3.05, 3.63) is 53.4 Å². The molecule has 1 aliphatic rings. The second-order valence-corrected chi connectivity index (χ2v) is 8.53. The van der Waals surface area contributed by atoms with E-state index >= 15 is 0 Å². The molecule has 0 spiro atoms. The lowest BCUT2D eigenvalue weighted by molar-refractivity contribution is 0.260. The fourth-order valence-corrected chi connectivity index (χ4v) is 4.60. The number of aromatic nitrogens is 1. The molecule has 1 fully saturated rings. The normalized spacial score (nSPS) is 16.2. The lowest BCUT2D eigenvalue weighted by atomic mass is 10.1. The lowest BCUT2D eigenvalue weighted by Gasteiger charge is -2.35. The van der Waals surface area contributed by atoms with Crippen molar-refractivity contribution in [3.8, 4) is 0 Å². The first-order valence-corrected chi connectivity index (χ1v) is 10.8. The van der Waals surface area contributed by atoms with Crippen LogP contribution in [0.1, 0.15) is 11.3 Å². The topological polar surface area (TPSA) is 91.0 Å². The maximum atomic E-state index is 13.7. The van der Waals surface area contributed by atoms with Gasteiger partial charge in [0, 0.05) is 51.4 Å². The molecule has 11 heteroatoms. The van der Waals surface area contributed by atoms with Crippen LogP contribution in [-0.2, 0) is 22.2 Å². The highest BCUT2D eigenvalue weighted by atomic mass is 32.2. The molecule has 0 amide bonds. The van der Waals surface area contributed by atoms with Gasteiger partial charge in [-0.25, -0.2) is 17.2 Å². The van der Waals surface area contributed by atoms with Crippen molar-refractivity contribution in [2.75, 3.05) is 39.8 Å². The molecule has 2 aromatic rings. The number of guanidine groups is 1. The number of nitrogens with one attached hydrogen (secondary N) is 1. The van der Waals surface area contributed by atoms with Gasteiger partial charge in [0.15, 0.2) is 5.96 Å². The third-order valence-corrected chi connectivity index (χ3v) is 6.50. The summed E-state index contributed by atoms with van der Waals surface area (Å²) in [4.78, 5) is 6.11. The summed E-state index contributed by atoms with van der Waals surface area (Å²) in [5.41, 5.74) is 0.393. The van der Waals surface area contributed by atoms with Crippen LogP contribution in [-0.4, -0.2) is 68.5 Å². The maximum absolute atomic E-state index is 13.7. The van der Waals surface area contributed by atoms with E-state index in [1.54, 1.807) is 7.05 Å². The van der Waals surface area contributed by atoms with Crippen LogP contribution >= 0.6 is 0 Å². The highest BCUT2D eigenvalue weighted by Gasteiger charge is 2.29. The summed E-state index contributed by atoms with van der Waals surface area (Å²) in [6.07, 6.45) is 1.51. The van der Waals surface area contributed by atoms with Gasteiger partial charge in [-0.2, -0.15) is 4.31 Å². The minimum absolute atomic E-state index is 0.0271. The molecule has 0 unspecified atom stereocenters. The Morgan fingerprint density at radius 3 is 2.48 bits per heavy atom. The largest absolute Gasteiger partial charge is 0.364 e. The molecule has 3 rings (SSSR count). The molecule has 1 aromatic carbocycles. The molecule has 1 aliphatic heterocycles. The molecule has 1 N–H and O–H groups in total. The Balaban J connectivity index is 1.51. The van der Waals surface area contributed by atoms with Gasteiger partial charge >= 0.3 is 0 Å². The maximum Gasteiger partial charge on any atom is 0.220 e. The van der Waals surface area contributed by atoms with Crippen LogP contribution in [0.25, 0.3) is 0 Å². The van der Waals surface area contributed by atoms with Crippen LogP contribution in [0, 0.1) is 11.6 Å². The minimum atomic E-state index is -3.48. The first-order chi connectivity index (χ1) is 13.9. The average Bonchev–Trinajstić information content (AvgIpc) is 3.20. The van der Waals surface area contributed by atoms with E-state index in [1.807, 2.05) is 4.90 Å². The molecule has 8 nitrogen and oxygen atoms in total. The van der Waals surface area contributed by atoms with Crippen LogP contribution in [0.5, 0.6) is 0 Å². The lowest BCUT2D eigenvalue weighted by Crippen LogP contribution is -2.54. The Hall–Kier alpha value is -2.53. The molecule has 2 heterocycles. The molecule has 0 saturated carbocycles. The van der Waals surface area contributed by atoms with E-state index in [4.69, 9.17) is 0 Å². The number of halogens is 2. The molecule has 0 radical (unpaired) electrons. The van der Waals surface area contributed by atoms with Crippen molar-refractivity contribution >= 4 is 16.0 Å². The number of hydrogen-bond acceptors (Lipinski definition) is 5. The summed E-state index contributed by atoms with van der Waals surface area (Å²) < 4.78 is 58.5. The van der Waals surface area contributed by atoms with Crippen LogP contribution in [0.4, 0.5) is 8.78 Å². The average molecular weight is 427 g/mol. The molecular formula is C18H23F2N5O3S.